The third kappa shape index (κ3) is 2.17. The Morgan fingerprint density at radius 1 is 0.920 bits per heavy atom. The summed E-state index contributed by atoms with van der Waals surface area (Å²) in [6, 6.07) is 19.5. The van der Waals surface area contributed by atoms with E-state index in [1.807, 2.05) is 67.0 Å². The molecule has 0 bridgehead atoms. The molecule has 3 aromatic heterocycles. The Kier molecular flexibility index (Phi) is 2.87. The molecule has 2 aromatic carbocycles. The summed E-state index contributed by atoms with van der Waals surface area (Å²) in [5.74, 6) is 0. The summed E-state index contributed by atoms with van der Waals surface area (Å²) in [5, 5.41) is 4.13. The van der Waals surface area contributed by atoms with Gasteiger partial charge in [0.25, 0.3) is 5.56 Å². The molecule has 25 heavy (non-hydrogen) atoms. The average molecular weight is 326 g/mol. The largest absolute Gasteiger partial charge is 0.361 e. The van der Waals surface area contributed by atoms with Crippen LogP contribution in [0.15, 0.2) is 77.9 Å². The SMILES string of the molecule is O=c1cc(-c2ccc3cc[nH]c3c2)nc2c(-c3ccccc3)c[nH]n12. The fraction of sp³-hybridized carbons (Fsp3) is 0. The predicted octanol–water partition coefficient (Wildman–Crippen LogP) is 3.84. The van der Waals surface area contributed by atoms with Gasteiger partial charge >= 0.3 is 0 Å². The van der Waals surface area contributed by atoms with E-state index in [-0.39, 0.29) is 5.56 Å². The molecule has 0 amide bonds. The second kappa shape index (κ2) is 5.21. The predicted molar refractivity (Wildman–Crippen MR) is 98.5 cm³/mol. The van der Waals surface area contributed by atoms with E-state index in [4.69, 9.17) is 4.98 Å². The van der Waals surface area contributed by atoms with E-state index in [0.717, 1.165) is 27.6 Å². The molecule has 0 radical (unpaired) electrons. The topological polar surface area (TPSA) is 66.0 Å². The van der Waals surface area contributed by atoms with Gasteiger partial charge in [-0.15, -0.1) is 0 Å². The summed E-state index contributed by atoms with van der Waals surface area (Å²) in [7, 11) is 0. The molecule has 120 valence electrons. The molecule has 5 aromatic rings. The Balaban J connectivity index is 1.75. The zero-order valence-corrected chi connectivity index (χ0v) is 13.2. The second-order valence-electron chi connectivity index (χ2n) is 5.97. The van der Waals surface area contributed by atoms with E-state index in [2.05, 4.69) is 10.1 Å². The maximum absolute atomic E-state index is 12.5. The van der Waals surface area contributed by atoms with Gasteiger partial charge in [0.2, 0.25) is 0 Å². The quantitative estimate of drug-likeness (QED) is 0.517. The molecule has 0 saturated carbocycles. The normalized spacial score (nSPS) is 11.4. The van der Waals surface area contributed by atoms with Crippen LogP contribution in [0.2, 0.25) is 0 Å². The lowest BCUT2D eigenvalue weighted by Gasteiger charge is -2.04. The van der Waals surface area contributed by atoms with Crippen LogP contribution < -0.4 is 5.56 Å². The minimum Gasteiger partial charge on any atom is -0.361 e. The first-order valence-electron chi connectivity index (χ1n) is 8.04. The molecular formula is C20H14N4O. The monoisotopic (exact) mass is 326 g/mol. The number of hydrogen-bond acceptors (Lipinski definition) is 2. The van der Waals surface area contributed by atoms with Crippen LogP contribution >= 0.6 is 0 Å². The van der Waals surface area contributed by atoms with E-state index in [0.29, 0.717) is 11.3 Å². The molecule has 5 nitrogen and oxygen atoms in total. The molecule has 2 N–H and O–H groups in total. The van der Waals surface area contributed by atoms with Crippen molar-refractivity contribution in [3.63, 3.8) is 0 Å². The fourth-order valence-corrected chi connectivity index (χ4v) is 3.17. The maximum Gasteiger partial charge on any atom is 0.273 e. The molecular weight excluding hydrogens is 312 g/mol. The minimum absolute atomic E-state index is 0.131. The highest BCUT2D eigenvalue weighted by molar-refractivity contribution is 5.85. The van der Waals surface area contributed by atoms with Crippen molar-refractivity contribution in [2.24, 2.45) is 0 Å². The molecule has 0 unspecified atom stereocenters. The first-order chi connectivity index (χ1) is 12.3. The summed E-state index contributed by atoms with van der Waals surface area (Å²) in [4.78, 5) is 20.5. The van der Waals surface area contributed by atoms with Crippen molar-refractivity contribution in [2.75, 3.05) is 0 Å². The summed E-state index contributed by atoms with van der Waals surface area (Å²) < 4.78 is 1.47. The zero-order valence-electron chi connectivity index (χ0n) is 13.2. The first kappa shape index (κ1) is 13.8. The lowest BCUT2D eigenvalue weighted by molar-refractivity contribution is 0.901. The number of nitrogens with one attached hydrogen (secondary N) is 2. The highest BCUT2D eigenvalue weighted by Crippen LogP contribution is 2.25. The zero-order chi connectivity index (χ0) is 16.8. The van der Waals surface area contributed by atoms with E-state index in [1.54, 1.807) is 6.07 Å². The lowest BCUT2D eigenvalue weighted by atomic mass is 10.1. The number of hydrogen-bond donors (Lipinski definition) is 2. The van der Waals surface area contributed by atoms with E-state index >= 15 is 0 Å². The van der Waals surface area contributed by atoms with Crippen LogP contribution in [0.4, 0.5) is 0 Å². The Morgan fingerprint density at radius 3 is 2.68 bits per heavy atom. The highest BCUT2D eigenvalue weighted by atomic mass is 16.1. The van der Waals surface area contributed by atoms with Gasteiger partial charge in [-0.2, -0.15) is 0 Å². The molecule has 0 fully saturated rings. The molecule has 0 spiro atoms. The Morgan fingerprint density at radius 2 is 1.80 bits per heavy atom. The first-order valence-corrected chi connectivity index (χ1v) is 8.04. The third-order valence-corrected chi connectivity index (χ3v) is 4.43. The van der Waals surface area contributed by atoms with Gasteiger partial charge in [0.15, 0.2) is 5.65 Å². The number of benzene rings is 2. The van der Waals surface area contributed by atoms with Gasteiger partial charge in [-0.3, -0.25) is 9.89 Å². The number of H-pyrrole nitrogens is 2. The molecule has 3 heterocycles. The molecule has 0 atom stereocenters. The Labute approximate surface area is 142 Å². The van der Waals surface area contributed by atoms with Gasteiger partial charge in [0.05, 0.1) is 5.69 Å². The number of nitrogens with zero attached hydrogens (tertiary/aromatic N) is 2. The smallest absolute Gasteiger partial charge is 0.273 e. The van der Waals surface area contributed by atoms with Crippen molar-refractivity contribution < 1.29 is 0 Å². The van der Waals surface area contributed by atoms with Crippen LogP contribution in [-0.2, 0) is 0 Å². The fourth-order valence-electron chi connectivity index (χ4n) is 3.17. The number of fused-ring (bicyclic) bond motifs is 2. The molecule has 5 heteroatoms. The molecule has 0 aliphatic rings. The number of aromatic nitrogens is 4. The minimum atomic E-state index is -0.131. The van der Waals surface area contributed by atoms with Crippen molar-refractivity contribution in [2.45, 2.75) is 0 Å². The number of rotatable bonds is 2. The van der Waals surface area contributed by atoms with E-state index in [1.165, 1.54) is 4.52 Å². The standard InChI is InChI=1S/C20H14N4O/c25-19-11-18(15-7-6-14-8-9-21-17(14)10-15)23-20-16(12-22-24(19)20)13-4-2-1-3-5-13/h1-12,21-22H. The van der Waals surface area contributed by atoms with Gasteiger partial charge in [0, 0.05) is 35.1 Å². The second-order valence-corrected chi connectivity index (χ2v) is 5.97. The van der Waals surface area contributed by atoms with E-state index < -0.39 is 0 Å². The van der Waals surface area contributed by atoms with Crippen LogP contribution in [-0.4, -0.2) is 19.6 Å². The van der Waals surface area contributed by atoms with Crippen molar-refractivity contribution in [3.05, 3.63) is 83.4 Å². The molecule has 0 saturated heterocycles. The summed E-state index contributed by atoms with van der Waals surface area (Å²) >= 11 is 0. The average Bonchev–Trinajstić information content (AvgIpc) is 3.28. The van der Waals surface area contributed by atoms with Crippen LogP contribution in [0, 0.1) is 0 Å². The van der Waals surface area contributed by atoms with Crippen molar-refractivity contribution >= 4 is 16.6 Å². The van der Waals surface area contributed by atoms with Gasteiger partial charge in [-0.1, -0.05) is 42.5 Å². The van der Waals surface area contributed by atoms with Crippen LogP contribution in [0.5, 0.6) is 0 Å². The summed E-state index contributed by atoms with van der Waals surface area (Å²) in [5.41, 5.74) is 5.02. The van der Waals surface area contributed by atoms with E-state index in [9.17, 15) is 4.79 Å². The molecule has 5 rings (SSSR count). The van der Waals surface area contributed by atoms with Crippen molar-refractivity contribution in [1.82, 2.24) is 19.6 Å². The van der Waals surface area contributed by atoms with Crippen molar-refractivity contribution in [1.29, 1.82) is 0 Å². The van der Waals surface area contributed by atoms with Crippen LogP contribution in [0.25, 0.3) is 38.9 Å². The van der Waals surface area contributed by atoms with Gasteiger partial charge < -0.3 is 4.98 Å². The van der Waals surface area contributed by atoms with Gasteiger partial charge in [0.1, 0.15) is 0 Å². The van der Waals surface area contributed by atoms with Gasteiger partial charge in [-0.05, 0) is 23.1 Å². The summed E-state index contributed by atoms with van der Waals surface area (Å²) in [6.45, 7) is 0. The number of aromatic amines is 2. The molecule has 0 aliphatic carbocycles. The Hall–Kier alpha value is -3.60. The highest BCUT2D eigenvalue weighted by Gasteiger charge is 2.12. The lowest BCUT2D eigenvalue weighted by Crippen LogP contribution is -2.14. The molecule has 0 aliphatic heterocycles. The maximum atomic E-state index is 12.5. The Bertz CT molecular complexity index is 1260. The third-order valence-electron chi connectivity index (χ3n) is 4.43. The summed E-state index contributed by atoms with van der Waals surface area (Å²) in [6.07, 6.45) is 3.72. The van der Waals surface area contributed by atoms with Crippen LogP contribution in [0.3, 0.4) is 0 Å². The van der Waals surface area contributed by atoms with Gasteiger partial charge in [-0.25, -0.2) is 9.50 Å². The van der Waals surface area contributed by atoms with Crippen molar-refractivity contribution in [3.8, 4) is 22.4 Å². The van der Waals surface area contributed by atoms with Crippen LogP contribution in [0.1, 0.15) is 0 Å².